The summed E-state index contributed by atoms with van der Waals surface area (Å²) in [5.74, 6) is -0.362. The topological polar surface area (TPSA) is 108 Å². The third-order valence-corrected chi connectivity index (χ3v) is 7.32. The van der Waals surface area contributed by atoms with E-state index < -0.39 is 27.3 Å². The Morgan fingerprint density at radius 2 is 1.76 bits per heavy atom. The first-order chi connectivity index (χ1) is 15.4. The van der Waals surface area contributed by atoms with E-state index in [-0.39, 0.29) is 13.8 Å². The lowest BCUT2D eigenvalue weighted by molar-refractivity contribution is -0.138. The highest BCUT2D eigenvalue weighted by molar-refractivity contribution is 7.90. The minimum absolute atomic E-state index is 0. The number of pyridine rings is 1. The lowest BCUT2D eigenvalue weighted by atomic mass is 9.99. The van der Waals surface area contributed by atoms with Gasteiger partial charge in [0, 0.05) is 12.7 Å². The first-order valence-corrected chi connectivity index (χ1v) is 12.0. The van der Waals surface area contributed by atoms with Crippen LogP contribution in [0.25, 0.3) is 11.1 Å². The van der Waals surface area contributed by atoms with Gasteiger partial charge in [-0.05, 0) is 59.7 Å². The van der Waals surface area contributed by atoms with E-state index in [9.17, 15) is 18.3 Å². The van der Waals surface area contributed by atoms with Crippen molar-refractivity contribution in [2.75, 3.05) is 5.32 Å². The van der Waals surface area contributed by atoms with Gasteiger partial charge in [0.1, 0.15) is 11.9 Å². The first kappa shape index (κ1) is 24.4. The maximum absolute atomic E-state index is 12.1. The second-order valence-electron chi connectivity index (χ2n) is 7.92. The monoisotopic (exact) mass is 467 g/mol. The summed E-state index contributed by atoms with van der Waals surface area (Å²) in [4.78, 5) is 15.8. The molecule has 1 saturated carbocycles. The van der Waals surface area contributed by atoms with Crippen molar-refractivity contribution in [3.8, 4) is 11.1 Å². The van der Waals surface area contributed by atoms with Crippen LogP contribution in [0, 0.1) is 0 Å². The highest BCUT2D eigenvalue weighted by Crippen LogP contribution is 2.28. The van der Waals surface area contributed by atoms with E-state index in [2.05, 4.69) is 21.1 Å². The fraction of sp³-hybridized carbons (Fsp3) is 0.280. The molecule has 1 aromatic heterocycles. The zero-order chi connectivity index (χ0) is 22.6. The molecule has 0 spiro atoms. The van der Waals surface area contributed by atoms with Crippen LogP contribution < -0.4 is 10.0 Å². The number of carboxylic acids is 1. The molecule has 1 atom stereocenters. The van der Waals surface area contributed by atoms with E-state index in [0.717, 1.165) is 28.1 Å². The van der Waals surface area contributed by atoms with Crippen LogP contribution in [0.4, 0.5) is 5.82 Å². The molecule has 0 amide bonds. The number of anilines is 1. The summed E-state index contributed by atoms with van der Waals surface area (Å²) in [6, 6.07) is 20.2. The van der Waals surface area contributed by atoms with Gasteiger partial charge in [0.05, 0.1) is 5.25 Å². The van der Waals surface area contributed by atoms with Crippen LogP contribution in [-0.2, 0) is 27.8 Å². The third-order valence-electron chi connectivity index (χ3n) is 5.36. The van der Waals surface area contributed by atoms with Crippen LogP contribution in [0.5, 0.6) is 0 Å². The molecule has 1 heterocycles. The van der Waals surface area contributed by atoms with E-state index in [1.54, 1.807) is 6.20 Å². The smallest absolute Gasteiger partial charge is 0.322 e. The van der Waals surface area contributed by atoms with Crippen molar-refractivity contribution >= 4 is 21.8 Å². The summed E-state index contributed by atoms with van der Waals surface area (Å²) in [7, 11) is -3.57. The lowest BCUT2D eigenvalue weighted by Crippen LogP contribution is -2.43. The Labute approximate surface area is 195 Å². The molecule has 0 radical (unpaired) electrons. The maximum Gasteiger partial charge on any atom is 0.322 e. The Hall–Kier alpha value is -3.23. The molecule has 0 aliphatic heterocycles. The maximum atomic E-state index is 12.1. The average molecular weight is 468 g/mol. The summed E-state index contributed by atoms with van der Waals surface area (Å²) in [6.07, 6.45) is 3.02. The van der Waals surface area contributed by atoms with Crippen molar-refractivity contribution < 1.29 is 18.3 Å². The predicted octanol–water partition coefficient (Wildman–Crippen LogP) is 4.07. The largest absolute Gasteiger partial charge is 0.480 e. The zero-order valence-corrected chi connectivity index (χ0v) is 18.3. The number of benzene rings is 2. The van der Waals surface area contributed by atoms with Gasteiger partial charge in [-0.15, -0.1) is 0 Å². The molecule has 33 heavy (non-hydrogen) atoms. The number of nitrogens with one attached hydrogen (secondary N) is 2. The summed E-state index contributed by atoms with van der Waals surface area (Å²) in [5, 5.41) is 12.3. The molecule has 2 aromatic carbocycles. The van der Waals surface area contributed by atoms with Crippen LogP contribution in [0.2, 0.25) is 0 Å². The molecular weight excluding hydrogens is 438 g/mol. The third kappa shape index (κ3) is 6.63. The van der Waals surface area contributed by atoms with Gasteiger partial charge >= 0.3 is 5.97 Å². The number of aliphatic carboxylic acids is 1. The Bertz CT molecular complexity index is 1180. The molecule has 0 bridgehead atoms. The summed E-state index contributed by atoms with van der Waals surface area (Å²) >= 11 is 0. The lowest BCUT2D eigenvalue weighted by Gasteiger charge is -2.15. The number of carboxylic acid groups (broad SMARTS) is 1. The molecule has 3 aromatic rings. The number of hydrogen-bond donors (Lipinski definition) is 3. The molecule has 0 saturated heterocycles. The van der Waals surface area contributed by atoms with E-state index >= 15 is 0 Å². The van der Waals surface area contributed by atoms with E-state index in [1.165, 1.54) is 0 Å². The van der Waals surface area contributed by atoms with Crippen molar-refractivity contribution in [2.24, 2.45) is 0 Å². The molecule has 4 rings (SSSR count). The highest BCUT2D eigenvalue weighted by atomic mass is 32.2. The minimum Gasteiger partial charge on any atom is -0.480 e. The molecule has 1 fully saturated rings. The molecule has 3 N–H and O–H groups in total. The molecule has 8 heteroatoms. The molecular formula is C25H29N3O4S. The minimum atomic E-state index is -3.57. The highest BCUT2D eigenvalue weighted by Gasteiger charge is 2.38. The quantitative estimate of drug-likeness (QED) is 0.415. The zero-order valence-electron chi connectivity index (χ0n) is 17.4. The number of nitrogens with zero attached hydrogens (tertiary/aromatic N) is 1. The predicted molar refractivity (Wildman–Crippen MR) is 130 cm³/mol. The second-order valence-corrected chi connectivity index (χ2v) is 9.92. The van der Waals surface area contributed by atoms with E-state index in [0.29, 0.717) is 19.4 Å². The van der Waals surface area contributed by atoms with Gasteiger partial charge in [0.2, 0.25) is 10.0 Å². The van der Waals surface area contributed by atoms with Crippen LogP contribution in [0.15, 0.2) is 72.9 Å². The number of rotatable bonds is 10. The number of hydrogen-bond acceptors (Lipinski definition) is 5. The van der Waals surface area contributed by atoms with Crippen molar-refractivity contribution in [1.29, 1.82) is 0 Å². The van der Waals surface area contributed by atoms with Gasteiger partial charge in [-0.1, -0.05) is 56.0 Å². The summed E-state index contributed by atoms with van der Waals surface area (Å²) in [5.41, 5.74) is 3.91. The van der Waals surface area contributed by atoms with Crippen molar-refractivity contribution in [3.05, 3.63) is 84.1 Å². The fourth-order valence-corrected chi connectivity index (χ4v) is 4.97. The van der Waals surface area contributed by atoms with Crippen LogP contribution in [-0.4, -0.2) is 35.8 Å². The van der Waals surface area contributed by atoms with Gasteiger partial charge in [-0.3, -0.25) is 4.79 Å². The summed E-state index contributed by atoms with van der Waals surface area (Å²) < 4.78 is 26.6. The van der Waals surface area contributed by atoms with E-state index in [1.807, 2.05) is 60.7 Å². The normalized spacial score (nSPS) is 14.2. The molecule has 174 valence electrons. The van der Waals surface area contributed by atoms with Gasteiger partial charge in [0.25, 0.3) is 0 Å². The van der Waals surface area contributed by atoms with Crippen molar-refractivity contribution in [3.63, 3.8) is 0 Å². The Balaban J connectivity index is 0.00000306. The number of sulfonamides is 1. The number of carbonyl (C=O) groups is 1. The molecule has 1 aliphatic rings. The SMILES string of the molecule is C.O=C(O)[C@H](Cc1ccc(-c2cccc(CNc3ccccn3)c2)cc1)NS(=O)(=O)C1CC1. The van der Waals surface area contributed by atoms with Crippen molar-refractivity contribution in [1.82, 2.24) is 9.71 Å². The van der Waals surface area contributed by atoms with Gasteiger partial charge < -0.3 is 10.4 Å². The molecule has 0 unspecified atom stereocenters. The Kier molecular flexibility index (Phi) is 7.84. The van der Waals surface area contributed by atoms with Gasteiger partial charge in [0.15, 0.2) is 0 Å². The molecule has 7 nitrogen and oxygen atoms in total. The Morgan fingerprint density at radius 3 is 2.39 bits per heavy atom. The van der Waals surface area contributed by atoms with Gasteiger partial charge in [-0.2, -0.15) is 0 Å². The number of aromatic nitrogens is 1. The van der Waals surface area contributed by atoms with Crippen LogP contribution >= 0.6 is 0 Å². The van der Waals surface area contributed by atoms with Crippen LogP contribution in [0.1, 0.15) is 31.4 Å². The molecule has 1 aliphatic carbocycles. The van der Waals surface area contributed by atoms with E-state index in [4.69, 9.17) is 0 Å². The first-order valence-electron chi connectivity index (χ1n) is 10.5. The van der Waals surface area contributed by atoms with Gasteiger partial charge in [-0.25, -0.2) is 18.1 Å². The Morgan fingerprint density at radius 1 is 1.00 bits per heavy atom. The fourth-order valence-electron chi connectivity index (χ4n) is 3.44. The summed E-state index contributed by atoms with van der Waals surface area (Å²) in [6.45, 7) is 0.643. The van der Waals surface area contributed by atoms with Crippen molar-refractivity contribution in [2.45, 2.75) is 44.5 Å². The van der Waals surface area contributed by atoms with Crippen LogP contribution in [0.3, 0.4) is 0 Å². The second kappa shape index (κ2) is 10.6. The average Bonchev–Trinajstić information content (AvgIpc) is 3.65. The standard InChI is InChI=1S/C24H25N3O4S.CH4/c28-24(29)22(27-32(30,31)21-11-12-21)15-17-7-9-19(10-8-17)20-5-3-4-18(14-20)16-26-23-6-1-2-13-25-23;/h1-10,13-14,21-22,27H,11-12,15-16H2,(H,25,26)(H,28,29);1H4/t22-;/m0./s1.